The number of halogens is 2. The molecule has 0 radical (unpaired) electrons. The van der Waals surface area contributed by atoms with Crippen molar-refractivity contribution in [2.75, 3.05) is 20.0 Å². The number of anilines is 1. The van der Waals surface area contributed by atoms with E-state index in [1.807, 2.05) is 0 Å². The van der Waals surface area contributed by atoms with Crippen LogP contribution in [0, 0.1) is 5.92 Å². The number of fused-ring (bicyclic) bond motifs is 1. The smallest absolute Gasteiger partial charge is 0.240 e. The number of hydrogen-bond donors (Lipinski definition) is 1. The van der Waals surface area contributed by atoms with E-state index in [2.05, 4.69) is 4.98 Å². The van der Waals surface area contributed by atoms with Gasteiger partial charge in [0.1, 0.15) is 23.8 Å². The van der Waals surface area contributed by atoms with Crippen molar-refractivity contribution in [1.29, 1.82) is 0 Å². The SMILES string of the molecule is COC1=CC(OC)=C(F)C(C=O)C1(F)c1cc2cc(N)ncc2o1. The van der Waals surface area contributed by atoms with Gasteiger partial charge in [-0.1, -0.05) is 0 Å². The van der Waals surface area contributed by atoms with E-state index in [1.165, 1.54) is 32.5 Å². The van der Waals surface area contributed by atoms with E-state index in [-0.39, 0.29) is 35.0 Å². The maximum atomic E-state index is 15.8. The molecule has 0 saturated carbocycles. The molecule has 3 rings (SSSR count). The van der Waals surface area contributed by atoms with Crippen LogP contribution in [0.2, 0.25) is 0 Å². The molecular formula is C16H14F2N2O4. The summed E-state index contributed by atoms with van der Waals surface area (Å²) in [6, 6.07) is 2.81. The van der Waals surface area contributed by atoms with E-state index < -0.39 is 17.4 Å². The molecule has 2 heterocycles. The zero-order valence-corrected chi connectivity index (χ0v) is 12.9. The molecule has 0 bridgehead atoms. The Labute approximate surface area is 135 Å². The molecule has 0 fully saturated rings. The summed E-state index contributed by atoms with van der Waals surface area (Å²) in [4.78, 5) is 15.3. The van der Waals surface area contributed by atoms with Crippen molar-refractivity contribution in [1.82, 2.24) is 4.98 Å². The average molecular weight is 336 g/mol. The normalized spacial score (nSPS) is 24.0. The third-order valence-electron chi connectivity index (χ3n) is 3.92. The van der Waals surface area contributed by atoms with Crippen molar-refractivity contribution < 1.29 is 27.5 Å². The fraction of sp³-hybridized carbons (Fsp3) is 0.250. The third kappa shape index (κ3) is 2.14. The van der Waals surface area contributed by atoms with Crippen LogP contribution >= 0.6 is 0 Å². The van der Waals surface area contributed by atoms with E-state index in [0.29, 0.717) is 5.39 Å². The van der Waals surface area contributed by atoms with Crippen molar-refractivity contribution in [2.45, 2.75) is 5.67 Å². The summed E-state index contributed by atoms with van der Waals surface area (Å²) in [6.45, 7) is 0. The van der Waals surface area contributed by atoms with Crippen LogP contribution in [0.5, 0.6) is 0 Å². The molecule has 2 N–H and O–H groups in total. The molecule has 0 aliphatic heterocycles. The van der Waals surface area contributed by atoms with Gasteiger partial charge in [-0.3, -0.25) is 0 Å². The van der Waals surface area contributed by atoms with Crippen LogP contribution in [0.1, 0.15) is 5.76 Å². The maximum absolute atomic E-state index is 15.8. The molecule has 2 atom stereocenters. The van der Waals surface area contributed by atoms with E-state index in [9.17, 15) is 9.18 Å². The minimum Gasteiger partial charge on any atom is -0.497 e. The minimum atomic E-state index is -2.66. The number of nitrogens with zero attached hydrogens (tertiary/aromatic N) is 1. The van der Waals surface area contributed by atoms with Crippen molar-refractivity contribution in [3.63, 3.8) is 0 Å². The highest BCUT2D eigenvalue weighted by Gasteiger charge is 2.54. The highest BCUT2D eigenvalue weighted by atomic mass is 19.2. The Kier molecular flexibility index (Phi) is 3.75. The van der Waals surface area contributed by atoms with Crippen molar-refractivity contribution in [3.8, 4) is 0 Å². The molecule has 1 aliphatic carbocycles. The summed E-state index contributed by atoms with van der Waals surface area (Å²) in [6.07, 6.45) is 2.52. The summed E-state index contributed by atoms with van der Waals surface area (Å²) in [5.74, 6) is -3.52. The number of ether oxygens (including phenoxy) is 2. The number of carbonyl (C=O) groups excluding carboxylic acids is 1. The second-order valence-corrected chi connectivity index (χ2v) is 5.21. The van der Waals surface area contributed by atoms with Gasteiger partial charge in [0, 0.05) is 11.5 Å². The Hall–Kier alpha value is -2.90. The lowest BCUT2D eigenvalue weighted by molar-refractivity contribution is -0.116. The molecule has 6 nitrogen and oxygen atoms in total. The van der Waals surface area contributed by atoms with Gasteiger partial charge < -0.3 is 24.4 Å². The van der Waals surface area contributed by atoms with E-state index in [4.69, 9.17) is 19.6 Å². The number of aldehydes is 1. The minimum absolute atomic E-state index is 0.153. The fourth-order valence-corrected chi connectivity index (χ4v) is 2.71. The summed E-state index contributed by atoms with van der Waals surface area (Å²) in [5.41, 5.74) is 3.18. The van der Waals surface area contributed by atoms with Gasteiger partial charge in [0.25, 0.3) is 0 Å². The molecule has 0 spiro atoms. The number of rotatable bonds is 4. The molecule has 8 heteroatoms. The number of furan rings is 1. The van der Waals surface area contributed by atoms with Gasteiger partial charge in [-0.2, -0.15) is 0 Å². The molecule has 2 aromatic rings. The first-order chi connectivity index (χ1) is 11.4. The van der Waals surface area contributed by atoms with Crippen molar-refractivity contribution in [2.24, 2.45) is 5.92 Å². The summed E-state index contributed by atoms with van der Waals surface area (Å²) >= 11 is 0. The molecule has 126 valence electrons. The average Bonchev–Trinajstić information content (AvgIpc) is 2.99. The lowest BCUT2D eigenvalue weighted by Gasteiger charge is -2.32. The van der Waals surface area contributed by atoms with Gasteiger partial charge >= 0.3 is 0 Å². The lowest BCUT2D eigenvalue weighted by atomic mass is 9.81. The molecular weight excluding hydrogens is 322 g/mol. The maximum Gasteiger partial charge on any atom is 0.240 e. The lowest BCUT2D eigenvalue weighted by Crippen LogP contribution is -2.37. The molecule has 0 saturated heterocycles. The monoisotopic (exact) mass is 336 g/mol. The van der Waals surface area contributed by atoms with Gasteiger partial charge in [0.05, 0.1) is 20.4 Å². The van der Waals surface area contributed by atoms with Gasteiger partial charge in [0.15, 0.2) is 22.9 Å². The van der Waals surface area contributed by atoms with Gasteiger partial charge in [-0.05, 0) is 12.1 Å². The highest BCUT2D eigenvalue weighted by molar-refractivity contribution is 5.80. The second kappa shape index (κ2) is 5.63. The predicted molar refractivity (Wildman–Crippen MR) is 81.0 cm³/mol. The number of alkyl halides is 1. The van der Waals surface area contributed by atoms with Crippen LogP contribution in [0.4, 0.5) is 14.6 Å². The summed E-state index contributed by atoms with van der Waals surface area (Å²) < 4.78 is 45.6. The Bertz CT molecular complexity index is 874. The van der Waals surface area contributed by atoms with E-state index >= 15 is 4.39 Å². The Morgan fingerprint density at radius 2 is 2.12 bits per heavy atom. The van der Waals surface area contributed by atoms with Crippen LogP contribution in [0.3, 0.4) is 0 Å². The number of nitrogen functional groups attached to an aromatic ring is 1. The zero-order valence-electron chi connectivity index (χ0n) is 12.9. The van der Waals surface area contributed by atoms with Crippen LogP contribution in [-0.2, 0) is 19.9 Å². The number of pyridine rings is 1. The molecule has 1 aliphatic rings. The first-order valence-corrected chi connectivity index (χ1v) is 6.95. The van der Waals surface area contributed by atoms with Crippen molar-refractivity contribution >= 4 is 23.1 Å². The number of carbonyl (C=O) groups is 1. The number of methoxy groups -OCH3 is 2. The Morgan fingerprint density at radius 1 is 1.38 bits per heavy atom. The summed E-state index contributed by atoms with van der Waals surface area (Å²) in [5, 5.41) is 0.469. The fourth-order valence-electron chi connectivity index (χ4n) is 2.71. The van der Waals surface area contributed by atoms with Gasteiger partial charge in [0.2, 0.25) is 5.67 Å². The molecule has 2 unspecified atom stereocenters. The van der Waals surface area contributed by atoms with Gasteiger partial charge in [-0.25, -0.2) is 13.8 Å². The zero-order chi connectivity index (χ0) is 17.5. The first kappa shape index (κ1) is 16.0. The Morgan fingerprint density at radius 3 is 2.75 bits per heavy atom. The number of hydrogen-bond acceptors (Lipinski definition) is 6. The summed E-state index contributed by atoms with van der Waals surface area (Å²) in [7, 11) is 2.42. The van der Waals surface area contributed by atoms with Crippen LogP contribution in [0.15, 0.2) is 46.2 Å². The highest BCUT2D eigenvalue weighted by Crippen LogP contribution is 2.49. The molecule has 0 aromatic carbocycles. The molecule has 2 aromatic heterocycles. The first-order valence-electron chi connectivity index (χ1n) is 6.95. The quantitative estimate of drug-likeness (QED) is 0.864. The molecule has 0 amide bonds. The number of nitrogens with two attached hydrogens (primary N) is 1. The van der Waals surface area contributed by atoms with Crippen LogP contribution < -0.4 is 5.73 Å². The number of allylic oxidation sites excluding steroid dienone is 3. The topological polar surface area (TPSA) is 87.6 Å². The Balaban J connectivity index is 2.23. The van der Waals surface area contributed by atoms with E-state index in [0.717, 1.165) is 6.08 Å². The third-order valence-corrected chi connectivity index (χ3v) is 3.92. The second-order valence-electron chi connectivity index (χ2n) is 5.21. The van der Waals surface area contributed by atoms with Crippen LogP contribution in [0.25, 0.3) is 11.0 Å². The largest absolute Gasteiger partial charge is 0.497 e. The predicted octanol–water partition coefficient (Wildman–Crippen LogP) is 2.76. The van der Waals surface area contributed by atoms with E-state index in [1.54, 1.807) is 0 Å². The standard InChI is InChI=1S/C16H14F2N2O4/c1-22-10-5-12(23-2)16(18,9(7-21)15(10)17)13-3-8-4-14(19)20-6-11(8)24-13/h3-7,9H,1-2H3,(H2,19,20). The van der Waals surface area contributed by atoms with Crippen molar-refractivity contribution in [3.05, 3.63) is 47.5 Å². The van der Waals surface area contributed by atoms with Crippen LogP contribution in [-0.4, -0.2) is 25.5 Å². The van der Waals surface area contributed by atoms with Gasteiger partial charge in [-0.15, -0.1) is 0 Å². The molecule has 24 heavy (non-hydrogen) atoms. The number of aromatic nitrogens is 1.